The minimum Gasteiger partial charge on any atom is -0.449 e. The highest BCUT2D eigenvalue weighted by Crippen LogP contribution is 2.02. The van der Waals surface area contributed by atoms with Gasteiger partial charge in [-0.3, -0.25) is 4.68 Å². The van der Waals surface area contributed by atoms with Gasteiger partial charge in [0, 0.05) is 11.8 Å². The van der Waals surface area contributed by atoms with E-state index in [0.717, 1.165) is 5.56 Å². The highest BCUT2D eigenvalue weighted by molar-refractivity contribution is 5.80. The molecule has 2 rings (SSSR count). The summed E-state index contributed by atoms with van der Waals surface area (Å²) in [4.78, 5) is 11.0. The summed E-state index contributed by atoms with van der Waals surface area (Å²) in [7, 11) is 0. The Hall–Kier alpha value is -2.63. The molecule has 104 valence electrons. The fourth-order valence-electron chi connectivity index (χ4n) is 1.63. The lowest BCUT2D eigenvalue weighted by atomic mass is 10.2. The van der Waals surface area contributed by atoms with E-state index in [4.69, 9.17) is 0 Å². The number of hydrogen-bond acceptors (Lipinski definition) is 4. The van der Waals surface area contributed by atoms with Crippen molar-refractivity contribution in [1.29, 1.82) is 0 Å². The van der Waals surface area contributed by atoms with E-state index in [0.29, 0.717) is 13.2 Å². The van der Waals surface area contributed by atoms with Crippen molar-refractivity contribution in [3.05, 3.63) is 53.9 Å². The van der Waals surface area contributed by atoms with Crippen molar-refractivity contribution in [2.45, 2.75) is 13.5 Å². The summed E-state index contributed by atoms with van der Waals surface area (Å²) in [6.45, 7) is 2.74. The molecule has 20 heavy (non-hydrogen) atoms. The van der Waals surface area contributed by atoms with Crippen LogP contribution in [0.25, 0.3) is 0 Å². The Morgan fingerprint density at radius 3 is 3.00 bits per heavy atom. The molecule has 2 aromatic rings. The third kappa shape index (κ3) is 4.24. The van der Waals surface area contributed by atoms with E-state index < -0.39 is 6.09 Å². The monoisotopic (exact) mass is 272 g/mol. The van der Waals surface area contributed by atoms with Crippen LogP contribution in [0.5, 0.6) is 0 Å². The second-order valence-electron chi connectivity index (χ2n) is 4.05. The van der Waals surface area contributed by atoms with Gasteiger partial charge in [-0.25, -0.2) is 10.2 Å². The number of ether oxygens (including phenoxy) is 1. The first-order chi connectivity index (χ1) is 9.78. The molecule has 0 fully saturated rings. The number of hydrazone groups is 1. The van der Waals surface area contributed by atoms with Crippen LogP contribution in [0.4, 0.5) is 4.79 Å². The third-order valence-corrected chi connectivity index (χ3v) is 2.49. The molecule has 6 nitrogen and oxygen atoms in total. The average Bonchev–Trinajstić information content (AvgIpc) is 2.88. The van der Waals surface area contributed by atoms with Gasteiger partial charge in [0.2, 0.25) is 0 Å². The van der Waals surface area contributed by atoms with Crippen molar-refractivity contribution in [2.24, 2.45) is 5.10 Å². The maximum Gasteiger partial charge on any atom is 0.427 e. The quantitative estimate of drug-likeness (QED) is 0.668. The number of carbonyl (C=O) groups is 1. The van der Waals surface area contributed by atoms with Crippen LogP contribution in [0.15, 0.2) is 47.8 Å². The first kappa shape index (κ1) is 13.8. The number of benzene rings is 1. The lowest BCUT2D eigenvalue weighted by Gasteiger charge is -2.00. The first-order valence-corrected chi connectivity index (χ1v) is 6.30. The fourth-order valence-corrected chi connectivity index (χ4v) is 1.63. The molecule has 6 heteroatoms. The number of nitrogens with one attached hydrogen (secondary N) is 1. The molecule has 0 unspecified atom stereocenters. The Morgan fingerprint density at radius 1 is 1.45 bits per heavy atom. The molecule has 0 atom stereocenters. The highest BCUT2D eigenvalue weighted by Gasteiger charge is 1.99. The number of nitrogens with zero attached hydrogens (tertiary/aromatic N) is 3. The first-order valence-electron chi connectivity index (χ1n) is 6.30. The van der Waals surface area contributed by atoms with E-state index in [9.17, 15) is 4.79 Å². The summed E-state index contributed by atoms with van der Waals surface area (Å²) in [5, 5.41) is 8.00. The Kier molecular flexibility index (Phi) is 4.88. The fraction of sp³-hybridized carbons (Fsp3) is 0.214. The van der Waals surface area contributed by atoms with Crippen molar-refractivity contribution in [1.82, 2.24) is 15.2 Å². The zero-order valence-corrected chi connectivity index (χ0v) is 11.2. The minimum atomic E-state index is -0.569. The SMILES string of the molecule is CCOC(=O)N/N=C\c1cnn(Cc2ccccc2)c1. The molecule has 0 saturated carbocycles. The van der Waals surface area contributed by atoms with E-state index in [1.807, 2.05) is 36.5 Å². The maximum absolute atomic E-state index is 11.0. The van der Waals surface area contributed by atoms with Crippen LogP contribution < -0.4 is 5.43 Å². The van der Waals surface area contributed by atoms with Crippen LogP contribution in [-0.2, 0) is 11.3 Å². The lowest BCUT2D eigenvalue weighted by Crippen LogP contribution is -2.18. The predicted octanol–water partition coefficient (Wildman–Crippen LogP) is 2.01. The lowest BCUT2D eigenvalue weighted by molar-refractivity contribution is 0.152. The summed E-state index contributed by atoms with van der Waals surface area (Å²) < 4.78 is 6.49. The van der Waals surface area contributed by atoms with Gasteiger partial charge in [0.05, 0.1) is 25.6 Å². The van der Waals surface area contributed by atoms with Crippen LogP contribution in [0.1, 0.15) is 18.1 Å². The molecular weight excluding hydrogens is 256 g/mol. The Labute approximate surface area is 117 Å². The second kappa shape index (κ2) is 7.08. The molecule has 0 bridgehead atoms. The number of carbonyl (C=O) groups excluding carboxylic acids is 1. The van der Waals surface area contributed by atoms with Gasteiger partial charge in [0.1, 0.15) is 0 Å². The largest absolute Gasteiger partial charge is 0.449 e. The molecule has 1 N–H and O–H groups in total. The van der Waals surface area contributed by atoms with E-state index >= 15 is 0 Å². The zero-order valence-electron chi connectivity index (χ0n) is 11.2. The van der Waals surface area contributed by atoms with Gasteiger partial charge in [0.25, 0.3) is 0 Å². The van der Waals surface area contributed by atoms with Gasteiger partial charge in [-0.1, -0.05) is 30.3 Å². The predicted molar refractivity (Wildman–Crippen MR) is 75.5 cm³/mol. The van der Waals surface area contributed by atoms with Crippen LogP contribution in [0, 0.1) is 0 Å². The van der Waals surface area contributed by atoms with Gasteiger partial charge < -0.3 is 4.74 Å². The highest BCUT2D eigenvalue weighted by atomic mass is 16.5. The Balaban J connectivity index is 1.89. The van der Waals surface area contributed by atoms with Gasteiger partial charge in [-0.2, -0.15) is 10.2 Å². The molecule has 1 heterocycles. The van der Waals surface area contributed by atoms with E-state index in [-0.39, 0.29) is 0 Å². The van der Waals surface area contributed by atoms with Crippen molar-refractivity contribution >= 4 is 12.3 Å². The van der Waals surface area contributed by atoms with Crippen molar-refractivity contribution in [3.63, 3.8) is 0 Å². The molecule has 0 spiro atoms. The summed E-state index contributed by atoms with van der Waals surface area (Å²) in [5.74, 6) is 0. The molecule has 0 aliphatic heterocycles. The molecular formula is C14H16N4O2. The van der Waals surface area contributed by atoms with Crippen LogP contribution in [0.3, 0.4) is 0 Å². The van der Waals surface area contributed by atoms with Gasteiger partial charge in [0.15, 0.2) is 0 Å². The Bertz CT molecular complexity index is 578. The molecule has 0 aliphatic rings. The minimum absolute atomic E-state index is 0.316. The second-order valence-corrected chi connectivity index (χ2v) is 4.05. The van der Waals surface area contributed by atoms with E-state index in [1.165, 1.54) is 11.8 Å². The normalized spacial score (nSPS) is 10.7. The van der Waals surface area contributed by atoms with Crippen LogP contribution >= 0.6 is 0 Å². The molecule has 1 aromatic carbocycles. The number of rotatable bonds is 5. The van der Waals surface area contributed by atoms with E-state index in [2.05, 4.69) is 20.4 Å². The molecule has 0 saturated heterocycles. The maximum atomic E-state index is 11.0. The summed E-state index contributed by atoms with van der Waals surface area (Å²) >= 11 is 0. The molecule has 1 amide bonds. The van der Waals surface area contributed by atoms with Crippen LogP contribution in [-0.4, -0.2) is 28.7 Å². The van der Waals surface area contributed by atoms with Crippen molar-refractivity contribution in [2.75, 3.05) is 6.61 Å². The smallest absolute Gasteiger partial charge is 0.427 e. The topological polar surface area (TPSA) is 68.5 Å². The van der Waals surface area contributed by atoms with Crippen molar-refractivity contribution < 1.29 is 9.53 Å². The van der Waals surface area contributed by atoms with Crippen molar-refractivity contribution in [3.8, 4) is 0 Å². The number of aromatic nitrogens is 2. The zero-order chi connectivity index (χ0) is 14.2. The van der Waals surface area contributed by atoms with E-state index in [1.54, 1.807) is 17.8 Å². The summed E-state index contributed by atoms with van der Waals surface area (Å²) in [6.07, 6.45) is 4.48. The van der Waals surface area contributed by atoms with Gasteiger partial charge >= 0.3 is 6.09 Å². The standard InChI is InChI=1S/C14H16N4O2/c1-2-20-14(19)17-15-8-13-9-16-18(11-13)10-12-6-4-3-5-7-12/h3-9,11H,2,10H2,1H3,(H,17,19)/b15-8-. The molecule has 1 aromatic heterocycles. The number of amides is 1. The molecule has 0 radical (unpaired) electrons. The van der Waals surface area contributed by atoms with Gasteiger partial charge in [-0.15, -0.1) is 0 Å². The molecule has 0 aliphatic carbocycles. The summed E-state index contributed by atoms with van der Waals surface area (Å²) in [5.41, 5.74) is 4.24. The third-order valence-electron chi connectivity index (χ3n) is 2.49. The summed E-state index contributed by atoms with van der Waals surface area (Å²) in [6, 6.07) is 10.0. The average molecular weight is 272 g/mol. The Morgan fingerprint density at radius 2 is 2.25 bits per heavy atom. The van der Waals surface area contributed by atoms with Gasteiger partial charge in [-0.05, 0) is 12.5 Å². The van der Waals surface area contributed by atoms with Crippen LogP contribution in [0.2, 0.25) is 0 Å². The number of hydrogen-bond donors (Lipinski definition) is 1.